The first-order valence-corrected chi connectivity index (χ1v) is 14.5. The van der Waals surface area contributed by atoms with Crippen molar-refractivity contribution in [1.29, 1.82) is 0 Å². The molecule has 0 amide bonds. The standard InChI is InChI=1S/C40H32N2/c1-25-24-41-39-36(26(25)2)22-23-37-27(3)28(4)38(42-40(37)39)35-20-18-34(19-21-35)33-16-14-32(15-17-33)31-12-10-30(11-13-31)29-8-6-5-7-9-29/h5-24H,1-4H3. The summed E-state index contributed by atoms with van der Waals surface area (Å²) in [6, 6.07) is 41.3. The Morgan fingerprint density at radius 1 is 0.381 bits per heavy atom. The molecule has 0 atom stereocenters. The highest BCUT2D eigenvalue weighted by atomic mass is 14.8. The first-order valence-electron chi connectivity index (χ1n) is 14.5. The number of hydrogen-bond donors (Lipinski definition) is 0. The molecule has 0 N–H and O–H groups in total. The summed E-state index contributed by atoms with van der Waals surface area (Å²) in [5, 5.41) is 2.35. The van der Waals surface area contributed by atoms with E-state index in [1.54, 1.807) is 0 Å². The summed E-state index contributed by atoms with van der Waals surface area (Å²) in [4.78, 5) is 10.0. The number of fused-ring (bicyclic) bond motifs is 3. The van der Waals surface area contributed by atoms with Crippen LogP contribution in [0, 0.1) is 27.7 Å². The zero-order valence-electron chi connectivity index (χ0n) is 24.4. The number of benzene rings is 5. The lowest BCUT2D eigenvalue weighted by molar-refractivity contribution is 1.25. The van der Waals surface area contributed by atoms with E-state index in [9.17, 15) is 0 Å². The Bertz CT molecular complexity index is 2070. The van der Waals surface area contributed by atoms with Gasteiger partial charge in [0, 0.05) is 22.5 Å². The number of aryl methyl sites for hydroxylation is 3. The van der Waals surface area contributed by atoms with E-state index >= 15 is 0 Å². The Morgan fingerprint density at radius 2 is 0.810 bits per heavy atom. The average molecular weight is 541 g/mol. The summed E-state index contributed by atoms with van der Waals surface area (Å²) in [5.41, 5.74) is 16.3. The van der Waals surface area contributed by atoms with Crippen molar-refractivity contribution in [2.45, 2.75) is 27.7 Å². The highest BCUT2D eigenvalue weighted by Gasteiger charge is 2.15. The van der Waals surface area contributed by atoms with Crippen molar-refractivity contribution in [1.82, 2.24) is 9.97 Å². The van der Waals surface area contributed by atoms with Crippen molar-refractivity contribution in [2.75, 3.05) is 0 Å². The number of rotatable bonds is 4. The Morgan fingerprint density at radius 3 is 1.31 bits per heavy atom. The second kappa shape index (κ2) is 10.4. The summed E-state index contributed by atoms with van der Waals surface area (Å²) in [7, 11) is 0. The molecule has 0 aliphatic heterocycles. The third-order valence-electron chi connectivity index (χ3n) is 8.78. The quantitative estimate of drug-likeness (QED) is 0.208. The second-order valence-corrected chi connectivity index (χ2v) is 11.2. The van der Waals surface area contributed by atoms with Crippen LogP contribution in [0.1, 0.15) is 22.3 Å². The lowest BCUT2D eigenvalue weighted by Gasteiger charge is -2.15. The average Bonchev–Trinajstić information content (AvgIpc) is 3.05. The van der Waals surface area contributed by atoms with E-state index in [-0.39, 0.29) is 0 Å². The molecule has 0 saturated heterocycles. The maximum Gasteiger partial charge on any atom is 0.0975 e. The van der Waals surface area contributed by atoms with Gasteiger partial charge in [-0.1, -0.05) is 115 Å². The van der Waals surface area contributed by atoms with E-state index in [0.29, 0.717) is 0 Å². The second-order valence-electron chi connectivity index (χ2n) is 11.2. The molecule has 0 saturated carbocycles. The van der Waals surface area contributed by atoms with Gasteiger partial charge < -0.3 is 0 Å². The normalized spacial score (nSPS) is 11.3. The molecule has 0 spiro atoms. The minimum absolute atomic E-state index is 0.977. The zero-order chi connectivity index (χ0) is 28.8. The van der Waals surface area contributed by atoms with Gasteiger partial charge in [0.1, 0.15) is 0 Å². The Labute approximate surface area is 247 Å². The molecule has 2 nitrogen and oxygen atoms in total. The topological polar surface area (TPSA) is 25.8 Å². The van der Waals surface area contributed by atoms with Gasteiger partial charge in [-0.25, -0.2) is 4.98 Å². The van der Waals surface area contributed by atoms with Crippen molar-refractivity contribution >= 4 is 21.8 Å². The maximum absolute atomic E-state index is 5.22. The highest BCUT2D eigenvalue weighted by Crippen LogP contribution is 2.35. The fraction of sp³-hybridized carbons (Fsp3) is 0.100. The predicted octanol–water partition coefficient (Wildman–Crippen LogP) is 10.7. The van der Waals surface area contributed by atoms with Crippen LogP contribution < -0.4 is 0 Å². The molecule has 0 aliphatic carbocycles. The Hall–Kier alpha value is -5.08. The fourth-order valence-electron chi connectivity index (χ4n) is 5.92. The van der Waals surface area contributed by atoms with Gasteiger partial charge in [-0.15, -0.1) is 0 Å². The van der Waals surface area contributed by atoms with Crippen LogP contribution in [0.2, 0.25) is 0 Å². The maximum atomic E-state index is 5.22. The molecule has 0 fully saturated rings. The van der Waals surface area contributed by atoms with Gasteiger partial charge in [0.05, 0.1) is 16.7 Å². The Balaban J connectivity index is 1.19. The van der Waals surface area contributed by atoms with E-state index in [1.807, 2.05) is 6.20 Å². The van der Waals surface area contributed by atoms with Crippen molar-refractivity contribution in [3.8, 4) is 44.6 Å². The number of nitrogens with zero attached hydrogens (tertiary/aromatic N) is 2. The Kier molecular flexibility index (Phi) is 6.40. The van der Waals surface area contributed by atoms with Crippen LogP contribution in [-0.4, -0.2) is 9.97 Å². The molecule has 7 aromatic rings. The van der Waals surface area contributed by atoms with Crippen LogP contribution in [0.4, 0.5) is 0 Å². The van der Waals surface area contributed by atoms with Gasteiger partial charge in [-0.3, -0.25) is 4.98 Å². The van der Waals surface area contributed by atoms with Crippen molar-refractivity contribution in [3.63, 3.8) is 0 Å². The van der Waals surface area contributed by atoms with Crippen LogP contribution in [0.3, 0.4) is 0 Å². The predicted molar refractivity (Wildman–Crippen MR) is 178 cm³/mol. The fourth-order valence-corrected chi connectivity index (χ4v) is 5.92. The molecule has 2 heteroatoms. The van der Waals surface area contributed by atoms with Crippen LogP contribution in [-0.2, 0) is 0 Å². The largest absolute Gasteiger partial charge is 0.254 e. The van der Waals surface area contributed by atoms with Crippen molar-refractivity contribution in [3.05, 3.63) is 144 Å². The molecule has 2 heterocycles. The van der Waals surface area contributed by atoms with Crippen molar-refractivity contribution < 1.29 is 0 Å². The number of aromatic nitrogens is 2. The van der Waals surface area contributed by atoms with E-state index < -0.39 is 0 Å². The summed E-state index contributed by atoms with van der Waals surface area (Å²) < 4.78 is 0. The van der Waals surface area contributed by atoms with Crippen molar-refractivity contribution in [2.24, 2.45) is 0 Å². The van der Waals surface area contributed by atoms with Crippen LogP contribution >= 0.6 is 0 Å². The summed E-state index contributed by atoms with van der Waals surface area (Å²) in [6.07, 6.45) is 1.97. The minimum atomic E-state index is 0.977. The monoisotopic (exact) mass is 540 g/mol. The molecule has 0 bridgehead atoms. The first-order chi connectivity index (χ1) is 20.5. The van der Waals surface area contributed by atoms with Gasteiger partial charge in [0.15, 0.2) is 0 Å². The zero-order valence-corrected chi connectivity index (χ0v) is 24.4. The van der Waals surface area contributed by atoms with Gasteiger partial charge in [0.25, 0.3) is 0 Å². The molecular weight excluding hydrogens is 508 g/mol. The van der Waals surface area contributed by atoms with E-state index in [4.69, 9.17) is 9.97 Å². The summed E-state index contributed by atoms with van der Waals surface area (Å²) in [5.74, 6) is 0. The molecule has 7 rings (SSSR count). The number of pyridine rings is 2. The minimum Gasteiger partial charge on any atom is -0.254 e. The molecule has 202 valence electrons. The SMILES string of the molecule is Cc1cnc2c(ccc3c(C)c(C)c(-c4ccc(-c5ccc(-c6ccc(-c7ccccc7)cc6)cc5)cc4)nc32)c1C. The summed E-state index contributed by atoms with van der Waals surface area (Å²) >= 11 is 0. The smallest absolute Gasteiger partial charge is 0.0975 e. The van der Waals surface area contributed by atoms with Gasteiger partial charge in [-0.05, 0) is 83.3 Å². The third-order valence-corrected chi connectivity index (χ3v) is 8.78. The van der Waals surface area contributed by atoms with Crippen LogP contribution in [0.25, 0.3) is 66.4 Å². The molecule has 0 radical (unpaired) electrons. The van der Waals surface area contributed by atoms with Crippen LogP contribution in [0.15, 0.2) is 121 Å². The molecule has 42 heavy (non-hydrogen) atoms. The molecule has 0 aliphatic rings. The lowest BCUT2D eigenvalue weighted by atomic mass is 9.95. The first kappa shape index (κ1) is 25.9. The molecule has 2 aromatic heterocycles. The summed E-state index contributed by atoms with van der Waals surface area (Å²) in [6.45, 7) is 8.65. The number of hydrogen-bond acceptors (Lipinski definition) is 2. The molecular formula is C40H32N2. The molecule has 0 unspecified atom stereocenters. The van der Waals surface area contributed by atoms with Gasteiger partial charge in [0.2, 0.25) is 0 Å². The van der Waals surface area contributed by atoms with Gasteiger partial charge >= 0.3 is 0 Å². The van der Waals surface area contributed by atoms with E-state index in [0.717, 1.165) is 22.3 Å². The van der Waals surface area contributed by atoms with E-state index in [1.165, 1.54) is 66.4 Å². The highest BCUT2D eigenvalue weighted by molar-refractivity contribution is 6.06. The molecule has 5 aromatic carbocycles. The van der Waals surface area contributed by atoms with Gasteiger partial charge in [-0.2, -0.15) is 0 Å². The lowest BCUT2D eigenvalue weighted by Crippen LogP contribution is -1.97. The van der Waals surface area contributed by atoms with E-state index in [2.05, 4.69) is 143 Å². The third kappa shape index (κ3) is 4.46. The van der Waals surface area contributed by atoms with Crippen LogP contribution in [0.5, 0.6) is 0 Å².